The topological polar surface area (TPSA) is 152 Å². The summed E-state index contributed by atoms with van der Waals surface area (Å²) in [6.45, 7) is 2.00. The molecule has 0 bridgehead atoms. The Labute approximate surface area is 80.4 Å². The van der Waals surface area contributed by atoms with Crippen molar-refractivity contribution in [1.82, 2.24) is 0 Å². The summed E-state index contributed by atoms with van der Waals surface area (Å²) in [5, 5.41) is 0. The van der Waals surface area contributed by atoms with E-state index in [4.69, 9.17) is 13.9 Å². The number of carbonyl (C=O) groups is 1. The standard InChI is InChI=1S/CH2O.Na.H2O2S.3H2O.H/c1-2;;1-3-2;;;;/h1H2;;1-2H;3*1H2;/q;+1;;;;;-1. The van der Waals surface area contributed by atoms with Gasteiger partial charge in [-0.3, -0.25) is 0 Å². The Morgan fingerprint density at radius 3 is 1.11 bits per heavy atom. The van der Waals surface area contributed by atoms with Gasteiger partial charge in [0.1, 0.15) is 6.79 Å². The van der Waals surface area contributed by atoms with Gasteiger partial charge < -0.3 is 31.8 Å². The van der Waals surface area contributed by atoms with Crippen LogP contribution in [0.4, 0.5) is 0 Å². The van der Waals surface area contributed by atoms with Crippen molar-refractivity contribution in [3.63, 3.8) is 0 Å². The second-order valence-corrected chi connectivity index (χ2v) is 0.245. The zero-order valence-electron chi connectivity index (χ0n) is 5.92. The molecule has 6 nitrogen and oxygen atoms in total. The van der Waals surface area contributed by atoms with Gasteiger partial charge in [0.15, 0.2) is 12.3 Å². The first-order chi connectivity index (χ1) is 2.41. The summed E-state index contributed by atoms with van der Waals surface area (Å²) in [4.78, 5) is 8.00. The van der Waals surface area contributed by atoms with E-state index in [1.54, 1.807) is 0 Å². The van der Waals surface area contributed by atoms with Crippen LogP contribution in [0.5, 0.6) is 0 Å². The van der Waals surface area contributed by atoms with Gasteiger partial charge in [-0.2, -0.15) is 0 Å². The largest absolute Gasteiger partial charge is 1.00 e. The van der Waals surface area contributed by atoms with Crippen LogP contribution in [0.25, 0.3) is 0 Å². The van der Waals surface area contributed by atoms with Crippen molar-refractivity contribution in [2.45, 2.75) is 0 Å². The van der Waals surface area contributed by atoms with Crippen LogP contribution in [0.2, 0.25) is 0 Å². The summed E-state index contributed by atoms with van der Waals surface area (Å²) < 4.78 is 14.1. The van der Waals surface area contributed by atoms with Gasteiger partial charge in [-0.1, -0.05) is 0 Å². The van der Waals surface area contributed by atoms with Crippen LogP contribution in [0.15, 0.2) is 0 Å². The Morgan fingerprint density at radius 2 is 1.11 bits per heavy atom. The maximum atomic E-state index is 8.00. The van der Waals surface area contributed by atoms with E-state index in [2.05, 4.69) is 0 Å². The summed E-state index contributed by atoms with van der Waals surface area (Å²) >= 11 is -0.250. The average Bonchev–Trinajstić information content (AvgIpc) is 1.46. The molecule has 0 aliphatic heterocycles. The summed E-state index contributed by atoms with van der Waals surface area (Å²) in [7, 11) is 0. The van der Waals surface area contributed by atoms with Gasteiger partial charge in [-0.15, -0.1) is 0 Å². The van der Waals surface area contributed by atoms with Crippen molar-refractivity contribution in [2.75, 3.05) is 0 Å². The predicted molar refractivity (Wildman–Crippen MR) is 31.9 cm³/mol. The molecule has 0 unspecified atom stereocenters. The Hall–Kier alpha value is 0.820. The fraction of sp³-hybridized carbons (Fsp3) is 0. The van der Waals surface area contributed by atoms with Crippen molar-refractivity contribution < 1.29 is 61.3 Å². The molecule has 0 fully saturated rings. The van der Waals surface area contributed by atoms with E-state index in [1.807, 2.05) is 6.79 Å². The van der Waals surface area contributed by atoms with Crippen molar-refractivity contribution in [3.05, 3.63) is 0 Å². The van der Waals surface area contributed by atoms with Gasteiger partial charge in [0.25, 0.3) is 0 Å². The van der Waals surface area contributed by atoms with Crippen LogP contribution >= 0.6 is 12.3 Å². The van der Waals surface area contributed by atoms with Gasteiger partial charge in [0, 0.05) is 0 Å². The first-order valence-electron chi connectivity index (χ1n) is 0.654. The van der Waals surface area contributed by atoms with E-state index < -0.39 is 0 Å². The van der Waals surface area contributed by atoms with Gasteiger partial charge >= 0.3 is 29.6 Å². The van der Waals surface area contributed by atoms with Crippen molar-refractivity contribution >= 4 is 19.1 Å². The van der Waals surface area contributed by atoms with Crippen LogP contribution in [-0.2, 0) is 4.79 Å². The Bertz CT molecular complexity index is 21.7. The van der Waals surface area contributed by atoms with Gasteiger partial charge in [-0.25, -0.2) is 0 Å². The molecule has 0 saturated carbocycles. The van der Waals surface area contributed by atoms with Crippen LogP contribution in [0, 0.1) is 0 Å². The summed E-state index contributed by atoms with van der Waals surface area (Å²) in [6.07, 6.45) is 0. The smallest absolute Gasteiger partial charge is 1.00 e. The fourth-order valence-electron chi connectivity index (χ4n) is 0. The second kappa shape index (κ2) is 163. The number of hydrogen-bond donors (Lipinski definition) is 2. The molecule has 0 atom stereocenters. The molecule has 0 amide bonds. The minimum atomic E-state index is -0.250. The van der Waals surface area contributed by atoms with E-state index in [0.717, 1.165) is 0 Å². The fourth-order valence-corrected chi connectivity index (χ4v) is 0. The van der Waals surface area contributed by atoms with E-state index in [-0.39, 0.29) is 59.7 Å². The maximum absolute atomic E-state index is 8.00. The monoisotopic (exact) mass is 174 g/mol. The number of rotatable bonds is 0. The molecule has 0 aliphatic rings. The quantitative estimate of drug-likeness (QED) is 0.279. The molecule has 0 aromatic carbocycles. The van der Waals surface area contributed by atoms with Crippen LogP contribution < -0.4 is 29.6 Å². The minimum absolute atomic E-state index is 0. The van der Waals surface area contributed by atoms with Crippen LogP contribution in [-0.4, -0.2) is 32.3 Å². The molecule has 58 valence electrons. The number of carbonyl (C=O) groups excluding carboxylic acids is 1. The van der Waals surface area contributed by atoms with E-state index >= 15 is 0 Å². The summed E-state index contributed by atoms with van der Waals surface area (Å²) in [6, 6.07) is 0. The molecular formula is CH11NaO6S. The van der Waals surface area contributed by atoms with Gasteiger partial charge in [0.2, 0.25) is 0 Å². The van der Waals surface area contributed by atoms with E-state index in [0.29, 0.717) is 0 Å². The third-order valence-corrected chi connectivity index (χ3v) is 0. The van der Waals surface area contributed by atoms with Crippen molar-refractivity contribution in [3.8, 4) is 0 Å². The third-order valence-electron chi connectivity index (χ3n) is 0. The molecule has 0 heterocycles. The van der Waals surface area contributed by atoms with Crippen LogP contribution in [0.3, 0.4) is 0 Å². The molecule has 0 rings (SSSR count). The third kappa shape index (κ3) is 610. The zero-order chi connectivity index (χ0) is 4.71. The normalized spacial score (nSPS) is 2.44. The molecule has 0 aromatic heterocycles. The zero-order valence-corrected chi connectivity index (χ0v) is 7.73. The van der Waals surface area contributed by atoms with Gasteiger partial charge in [-0.05, 0) is 0 Å². The summed E-state index contributed by atoms with van der Waals surface area (Å²) in [5.74, 6) is 0. The molecule has 8 N–H and O–H groups in total. The maximum Gasteiger partial charge on any atom is 1.00 e. The average molecular weight is 174 g/mol. The van der Waals surface area contributed by atoms with E-state index in [1.165, 1.54) is 0 Å². The Kier molecular flexibility index (Phi) is 947. The Balaban J connectivity index is -0.00000000246. The summed E-state index contributed by atoms with van der Waals surface area (Å²) in [5.41, 5.74) is 0. The van der Waals surface area contributed by atoms with Gasteiger partial charge in [0.05, 0.1) is 0 Å². The predicted octanol–water partition coefficient (Wildman–Crippen LogP) is -4.88. The molecule has 0 spiro atoms. The van der Waals surface area contributed by atoms with E-state index in [9.17, 15) is 0 Å². The minimum Gasteiger partial charge on any atom is -1.00 e. The van der Waals surface area contributed by atoms with Crippen LogP contribution in [0.1, 0.15) is 1.43 Å². The number of hydrogen-bond acceptors (Lipinski definition) is 4. The molecule has 8 heteroatoms. The Morgan fingerprint density at radius 1 is 1.11 bits per heavy atom. The van der Waals surface area contributed by atoms with Crippen molar-refractivity contribution in [2.24, 2.45) is 0 Å². The first kappa shape index (κ1) is 52.4. The molecule has 0 aromatic rings. The van der Waals surface area contributed by atoms with Crippen molar-refractivity contribution in [1.29, 1.82) is 0 Å². The molecule has 0 radical (unpaired) electrons. The SMILES string of the molecule is C=O.O.O.O.OSO.[H-].[Na+]. The molecule has 0 aliphatic carbocycles. The molecule has 0 saturated heterocycles. The first-order valence-corrected chi connectivity index (χ1v) is 1.38. The molecule has 9 heavy (non-hydrogen) atoms. The second-order valence-electron chi connectivity index (χ2n) is 0.0816. The molecular weight excluding hydrogens is 163 g/mol.